The number of amides is 1. The second-order valence-electron chi connectivity index (χ2n) is 5.79. The third kappa shape index (κ3) is 9.18. The lowest BCUT2D eigenvalue weighted by Gasteiger charge is -2.11. The summed E-state index contributed by atoms with van der Waals surface area (Å²) >= 11 is 1.74. The van der Waals surface area contributed by atoms with Crippen LogP contribution < -0.4 is 16.0 Å². The van der Waals surface area contributed by atoms with Gasteiger partial charge >= 0.3 is 0 Å². The van der Waals surface area contributed by atoms with Gasteiger partial charge in [0.25, 0.3) is 0 Å². The minimum atomic E-state index is -0.329. The van der Waals surface area contributed by atoms with Crippen molar-refractivity contribution in [3.63, 3.8) is 0 Å². The fraction of sp³-hybridized carbons (Fsp3) is 0.368. The van der Waals surface area contributed by atoms with Crippen molar-refractivity contribution in [1.29, 1.82) is 0 Å². The van der Waals surface area contributed by atoms with E-state index in [0.717, 1.165) is 12.5 Å². The van der Waals surface area contributed by atoms with E-state index in [2.05, 4.69) is 40.0 Å². The molecule has 5 nitrogen and oxygen atoms in total. The number of hydrogen-bond donors (Lipinski definition) is 3. The van der Waals surface area contributed by atoms with Gasteiger partial charge in [0.05, 0.1) is 13.0 Å². The van der Waals surface area contributed by atoms with Crippen molar-refractivity contribution in [2.45, 2.75) is 26.8 Å². The monoisotopic (exact) mass is 504 g/mol. The number of hydrogen-bond acceptors (Lipinski definition) is 3. The lowest BCUT2D eigenvalue weighted by atomic mass is 10.1. The Balaban J connectivity index is 0.00000364. The first-order valence-corrected chi connectivity index (χ1v) is 9.47. The number of nitrogens with zero attached hydrogens (tertiary/aromatic N) is 1. The molecule has 0 aliphatic carbocycles. The molecule has 27 heavy (non-hydrogen) atoms. The van der Waals surface area contributed by atoms with Crippen LogP contribution in [-0.2, 0) is 17.8 Å². The van der Waals surface area contributed by atoms with E-state index in [1.54, 1.807) is 23.5 Å². The molecule has 1 heterocycles. The molecular formula is C19H26FIN4OS. The molecule has 0 aliphatic heterocycles. The van der Waals surface area contributed by atoms with E-state index in [1.165, 1.54) is 21.9 Å². The van der Waals surface area contributed by atoms with E-state index in [4.69, 9.17) is 0 Å². The van der Waals surface area contributed by atoms with Crippen LogP contribution in [0.1, 0.15) is 22.2 Å². The Morgan fingerprint density at radius 1 is 1.15 bits per heavy atom. The summed E-state index contributed by atoms with van der Waals surface area (Å²) in [4.78, 5) is 18.9. The maximum atomic E-state index is 13.1. The summed E-state index contributed by atoms with van der Waals surface area (Å²) in [6.07, 6.45) is 0.170. The van der Waals surface area contributed by atoms with Gasteiger partial charge in [0.1, 0.15) is 5.82 Å². The lowest BCUT2D eigenvalue weighted by Crippen LogP contribution is -2.41. The number of rotatable bonds is 8. The Bertz CT molecular complexity index is 751. The van der Waals surface area contributed by atoms with Gasteiger partial charge in [-0.05, 0) is 43.7 Å². The molecule has 0 saturated heterocycles. The zero-order valence-electron chi connectivity index (χ0n) is 15.5. The Kier molecular flexibility index (Phi) is 11.0. The molecule has 1 aromatic carbocycles. The number of carbonyl (C=O) groups is 1. The van der Waals surface area contributed by atoms with Crippen LogP contribution in [0.3, 0.4) is 0 Å². The summed E-state index contributed by atoms with van der Waals surface area (Å²) in [6, 6.07) is 10.3. The Hall–Kier alpha value is -1.68. The van der Waals surface area contributed by atoms with Crippen LogP contribution in [-0.4, -0.2) is 31.5 Å². The van der Waals surface area contributed by atoms with Crippen molar-refractivity contribution < 1.29 is 9.18 Å². The van der Waals surface area contributed by atoms with E-state index in [9.17, 15) is 9.18 Å². The number of carbonyl (C=O) groups excluding carboxylic acids is 1. The van der Waals surface area contributed by atoms with Gasteiger partial charge in [-0.1, -0.05) is 12.1 Å². The zero-order valence-corrected chi connectivity index (χ0v) is 18.7. The average molecular weight is 504 g/mol. The van der Waals surface area contributed by atoms with Crippen molar-refractivity contribution in [2.24, 2.45) is 4.99 Å². The highest BCUT2D eigenvalue weighted by Gasteiger charge is 2.04. The summed E-state index contributed by atoms with van der Waals surface area (Å²) in [5.41, 5.74) is 0.664. The summed E-state index contributed by atoms with van der Waals surface area (Å²) in [7, 11) is 0. The van der Waals surface area contributed by atoms with Crippen molar-refractivity contribution >= 4 is 47.2 Å². The van der Waals surface area contributed by atoms with Gasteiger partial charge < -0.3 is 16.0 Å². The van der Waals surface area contributed by atoms with Crippen LogP contribution in [0.4, 0.5) is 4.39 Å². The zero-order chi connectivity index (χ0) is 18.8. The highest BCUT2D eigenvalue weighted by Crippen LogP contribution is 2.15. The molecule has 3 N–H and O–H groups in total. The van der Waals surface area contributed by atoms with Gasteiger partial charge in [-0.3, -0.25) is 4.79 Å². The lowest BCUT2D eigenvalue weighted by molar-refractivity contribution is -0.120. The number of guanidine groups is 1. The Morgan fingerprint density at radius 3 is 2.59 bits per heavy atom. The number of aryl methyl sites for hydroxylation is 1. The minimum absolute atomic E-state index is 0. The molecule has 0 bridgehead atoms. The van der Waals surface area contributed by atoms with Gasteiger partial charge in [0, 0.05) is 29.4 Å². The summed E-state index contributed by atoms with van der Waals surface area (Å²) < 4.78 is 13.1. The third-order valence-corrected chi connectivity index (χ3v) is 4.51. The van der Waals surface area contributed by atoms with E-state index in [0.29, 0.717) is 25.2 Å². The minimum Gasteiger partial charge on any atom is -0.357 e. The molecule has 0 radical (unpaired) electrons. The maximum Gasteiger partial charge on any atom is 0.224 e. The fourth-order valence-corrected chi connectivity index (χ4v) is 3.16. The SMILES string of the molecule is CCNC(=NCc1ccc(C)s1)NCCNC(=O)Cc1cccc(F)c1.I. The number of benzene rings is 1. The first-order valence-electron chi connectivity index (χ1n) is 8.65. The van der Waals surface area contributed by atoms with Crippen molar-refractivity contribution in [3.05, 3.63) is 57.5 Å². The molecule has 1 aromatic heterocycles. The molecule has 8 heteroatoms. The topological polar surface area (TPSA) is 65.5 Å². The van der Waals surface area contributed by atoms with E-state index in [-0.39, 0.29) is 42.1 Å². The molecular weight excluding hydrogens is 478 g/mol. The molecule has 148 valence electrons. The highest BCUT2D eigenvalue weighted by atomic mass is 127. The third-order valence-electron chi connectivity index (χ3n) is 3.53. The van der Waals surface area contributed by atoms with E-state index >= 15 is 0 Å². The standard InChI is InChI=1S/C19H25FN4OS.HI/c1-3-21-19(24-13-17-8-7-14(2)26-17)23-10-9-22-18(25)12-15-5-4-6-16(20)11-15;/h4-8,11H,3,9-10,12-13H2,1-2H3,(H,22,25)(H2,21,23,24);1H. The van der Waals surface area contributed by atoms with Crippen molar-refractivity contribution in [3.8, 4) is 0 Å². The molecule has 0 aliphatic rings. The van der Waals surface area contributed by atoms with Crippen molar-refractivity contribution in [2.75, 3.05) is 19.6 Å². The van der Waals surface area contributed by atoms with Gasteiger partial charge in [-0.25, -0.2) is 9.38 Å². The van der Waals surface area contributed by atoms with Crippen LogP contribution in [0.2, 0.25) is 0 Å². The van der Waals surface area contributed by atoms with Crippen LogP contribution in [0.5, 0.6) is 0 Å². The molecule has 0 atom stereocenters. The first-order chi connectivity index (χ1) is 12.6. The second kappa shape index (κ2) is 12.7. The summed E-state index contributed by atoms with van der Waals surface area (Å²) in [5.74, 6) is 0.260. The Morgan fingerprint density at radius 2 is 1.93 bits per heavy atom. The van der Waals surface area contributed by atoms with Crippen molar-refractivity contribution in [1.82, 2.24) is 16.0 Å². The van der Waals surface area contributed by atoms with E-state index < -0.39 is 0 Å². The van der Waals surface area contributed by atoms with Crippen LogP contribution >= 0.6 is 35.3 Å². The van der Waals surface area contributed by atoms with Gasteiger partial charge in [0.2, 0.25) is 5.91 Å². The fourth-order valence-electron chi connectivity index (χ4n) is 2.35. The highest BCUT2D eigenvalue weighted by molar-refractivity contribution is 14.0. The smallest absolute Gasteiger partial charge is 0.224 e. The molecule has 0 unspecified atom stereocenters. The maximum absolute atomic E-state index is 13.1. The number of nitrogens with one attached hydrogen (secondary N) is 3. The molecule has 1 amide bonds. The van der Waals surface area contributed by atoms with Crippen LogP contribution in [0, 0.1) is 12.7 Å². The van der Waals surface area contributed by atoms with Gasteiger partial charge in [-0.2, -0.15) is 0 Å². The average Bonchev–Trinajstić information content (AvgIpc) is 3.02. The van der Waals surface area contributed by atoms with Crippen LogP contribution in [0.25, 0.3) is 0 Å². The summed E-state index contributed by atoms with van der Waals surface area (Å²) in [6.45, 7) is 6.50. The van der Waals surface area contributed by atoms with Crippen LogP contribution in [0.15, 0.2) is 41.4 Å². The second-order valence-corrected chi connectivity index (χ2v) is 7.16. The normalized spacial score (nSPS) is 10.9. The number of halogens is 2. The van der Waals surface area contributed by atoms with Gasteiger partial charge in [0.15, 0.2) is 5.96 Å². The van der Waals surface area contributed by atoms with E-state index in [1.807, 2.05) is 6.92 Å². The molecule has 0 saturated carbocycles. The quantitative estimate of drug-likeness (QED) is 0.224. The molecule has 2 aromatic rings. The van der Waals surface area contributed by atoms with Gasteiger partial charge in [-0.15, -0.1) is 35.3 Å². The summed E-state index contributed by atoms with van der Waals surface area (Å²) in [5, 5.41) is 9.20. The number of thiophene rings is 1. The molecule has 0 fully saturated rings. The molecule has 0 spiro atoms. The number of aliphatic imine (C=N–C) groups is 1. The predicted molar refractivity (Wildman–Crippen MR) is 120 cm³/mol. The largest absolute Gasteiger partial charge is 0.357 e. The first kappa shape index (κ1) is 23.4. The predicted octanol–water partition coefficient (Wildman–Crippen LogP) is 3.23. The molecule has 2 rings (SSSR count). The Labute approximate surface area is 180 Å².